The highest BCUT2D eigenvalue weighted by molar-refractivity contribution is 5.97. The number of carbonyl (C=O) groups is 5. The second-order valence-corrected chi connectivity index (χ2v) is 20.1. The van der Waals surface area contributed by atoms with Gasteiger partial charge in [0.25, 0.3) is 11.8 Å². The number of methoxy groups -OCH3 is 1. The molecule has 6 bridgehead atoms. The van der Waals surface area contributed by atoms with Crippen molar-refractivity contribution in [3.63, 3.8) is 0 Å². The molecule has 2 saturated heterocycles. The summed E-state index contributed by atoms with van der Waals surface area (Å²) < 4.78 is 52.5. The van der Waals surface area contributed by atoms with E-state index in [-0.39, 0.29) is 50.5 Å². The van der Waals surface area contributed by atoms with Crippen LogP contribution in [0.4, 0.5) is 13.2 Å². The number of carbonyl (C=O) groups excluding carboxylic acids is 5. The van der Waals surface area contributed by atoms with E-state index in [1.165, 1.54) is 18.1 Å². The molecule has 0 radical (unpaired) electrons. The van der Waals surface area contributed by atoms with Crippen molar-refractivity contribution in [3.8, 4) is 28.1 Å². The molecule has 4 amide bonds. The number of aliphatic hydroxyl groups is 1. The van der Waals surface area contributed by atoms with Crippen LogP contribution in [0.1, 0.15) is 83.7 Å². The lowest BCUT2D eigenvalue weighted by Crippen LogP contribution is -2.63. The zero-order chi connectivity index (χ0) is 51.7. The summed E-state index contributed by atoms with van der Waals surface area (Å²) in [6, 6.07) is 11.4. The van der Waals surface area contributed by atoms with Crippen LogP contribution in [-0.4, -0.2) is 134 Å². The fourth-order valence-electron chi connectivity index (χ4n) is 10.1. The highest BCUT2D eigenvalue weighted by Crippen LogP contribution is 2.42. The molecule has 0 spiro atoms. The molecule has 0 saturated carbocycles. The predicted molar refractivity (Wildman–Crippen MR) is 258 cm³/mol. The normalized spacial score (nSPS) is 21.8. The number of nitrogens with zero attached hydrogens (tertiary/aromatic N) is 5. The molecule has 2 aromatic carbocycles. The van der Waals surface area contributed by atoms with Gasteiger partial charge >= 0.3 is 12.1 Å². The molecule has 4 aromatic rings. The number of hydrazine groups is 1. The number of nitrogens with one attached hydrogen (secondary N) is 2. The topological polar surface area (TPSA) is 196 Å². The Labute approximate surface area is 411 Å². The molecule has 382 valence electrons. The van der Waals surface area contributed by atoms with E-state index in [1.807, 2.05) is 51.1 Å². The van der Waals surface area contributed by atoms with E-state index < -0.39 is 77.4 Å². The SMILES string of the molecule is CCn1c(-c2cccnc2[C@H](C)OC)c2c3cc(ccc31)-c1cc(O)cc(c1)C[C@H](NC(=O)[C@H](C(C)C)N(C)C(=O)C1(O)CCN(C(=O)/C=C/C(F)(F)F)C1)C(=O)N1CCC[C@H](N1)C(=O)OCC(C)(C)C2. The molecule has 1 unspecified atom stereocenters. The monoisotopic (exact) mass is 987 g/mol. The Morgan fingerprint density at radius 2 is 1.83 bits per heavy atom. The molecule has 19 heteroatoms. The number of fused-ring (bicyclic) bond motifs is 6. The van der Waals surface area contributed by atoms with Crippen molar-refractivity contribution >= 4 is 40.5 Å². The first kappa shape index (κ1) is 52.5. The predicted octanol–water partition coefficient (Wildman–Crippen LogP) is 6.02. The van der Waals surface area contributed by atoms with Crippen LogP contribution in [0, 0.1) is 11.3 Å². The van der Waals surface area contributed by atoms with Gasteiger partial charge in [0.1, 0.15) is 23.9 Å². The number of aromatic hydroxyl groups is 1. The van der Waals surface area contributed by atoms with Crippen molar-refractivity contribution < 1.29 is 56.8 Å². The number of allylic oxidation sites excluding steroid dienone is 1. The lowest BCUT2D eigenvalue weighted by molar-refractivity contribution is -0.156. The summed E-state index contributed by atoms with van der Waals surface area (Å²) in [5.74, 6) is -4.61. The number of likely N-dealkylation sites (tertiary alicyclic amines) is 1. The fourth-order valence-corrected chi connectivity index (χ4v) is 10.1. The van der Waals surface area contributed by atoms with Gasteiger partial charge in [-0.25, -0.2) is 5.43 Å². The van der Waals surface area contributed by atoms with Gasteiger partial charge in [0.15, 0.2) is 5.60 Å². The van der Waals surface area contributed by atoms with Crippen molar-refractivity contribution in [3.05, 3.63) is 83.7 Å². The number of alkyl halides is 3. The van der Waals surface area contributed by atoms with Crippen LogP contribution in [0.3, 0.4) is 0 Å². The molecule has 7 rings (SSSR count). The summed E-state index contributed by atoms with van der Waals surface area (Å²) in [6.07, 6.45) is -2.39. The maximum Gasteiger partial charge on any atom is 0.409 e. The molecule has 3 aliphatic rings. The molecule has 4 N–H and O–H groups in total. The van der Waals surface area contributed by atoms with Gasteiger partial charge in [-0.1, -0.05) is 39.8 Å². The van der Waals surface area contributed by atoms with Gasteiger partial charge in [0, 0.05) is 86.9 Å². The first-order valence-electron chi connectivity index (χ1n) is 24.0. The van der Waals surface area contributed by atoms with E-state index in [0.717, 1.165) is 48.8 Å². The molecule has 5 atom stereocenters. The minimum atomic E-state index is -4.74. The Balaban J connectivity index is 1.28. The molecule has 3 aliphatic heterocycles. The Kier molecular flexibility index (Phi) is 15.4. The number of benzene rings is 2. The van der Waals surface area contributed by atoms with Crippen LogP contribution in [0.15, 0.2) is 66.9 Å². The average Bonchev–Trinajstić information content (AvgIpc) is 3.88. The number of phenols is 1. The first-order chi connectivity index (χ1) is 33.4. The molecular weight excluding hydrogens is 924 g/mol. The van der Waals surface area contributed by atoms with Gasteiger partial charge in [-0.2, -0.15) is 13.2 Å². The number of rotatable bonds is 10. The number of phenolic OH excluding ortho intramolecular Hbond substituents is 1. The van der Waals surface area contributed by atoms with Crippen molar-refractivity contribution in [2.75, 3.05) is 40.4 Å². The maximum absolute atomic E-state index is 14.7. The van der Waals surface area contributed by atoms with E-state index in [1.54, 1.807) is 33.2 Å². The number of halogens is 3. The Bertz CT molecular complexity index is 2720. The Morgan fingerprint density at radius 1 is 1.08 bits per heavy atom. The highest BCUT2D eigenvalue weighted by Gasteiger charge is 2.48. The number of likely N-dealkylation sites (N-methyl/N-ethyl adjacent to an activating group) is 1. The Hall–Kier alpha value is -6.31. The minimum absolute atomic E-state index is 0.0419. The quantitative estimate of drug-likeness (QED) is 0.107. The largest absolute Gasteiger partial charge is 0.508 e. The van der Waals surface area contributed by atoms with Crippen molar-refractivity contribution in [1.29, 1.82) is 0 Å². The second-order valence-electron chi connectivity index (χ2n) is 20.1. The highest BCUT2D eigenvalue weighted by atomic mass is 19.4. The molecule has 2 fully saturated rings. The van der Waals surface area contributed by atoms with Crippen LogP contribution in [0.25, 0.3) is 33.3 Å². The molecule has 16 nitrogen and oxygen atoms in total. The van der Waals surface area contributed by atoms with E-state index in [4.69, 9.17) is 14.5 Å². The zero-order valence-electron chi connectivity index (χ0n) is 41.4. The third-order valence-corrected chi connectivity index (χ3v) is 13.7. The minimum Gasteiger partial charge on any atom is -0.508 e. The summed E-state index contributed by atoms with van der Waals surface area (Å²) in [5.41, 5.74) is 6.67. The average molecular weight is 988 g/mol. The van der Waals surface area contributed by atoms with Crippen molar-refractivity contribution in [1.82, 2.24) is 35.1 Å². The van der Waals surface area contributed by atoms with Crippen molar-refractivity contribution in [2.24, 2.45) is 11.3 Å². The molecule has 71 heavy (non-hydrogen) atoms. The summed E-state index contributed by atoms with van der Waals surface area (Å²) in [4.78, 5) is 76.5. The fraction of sp³-hybridized carbons (Fsp3) is 0.500. The molecule has 2 aromatic heterocycles. The first-order valence-corrected chi connectivity index (χ1v) is 24.0. The van der Waals surface area contributed by atoms with Crippen LogP contribution in [-0.2, 0) is 52.8 Å². The number of pyridine rings is 1. The number of ether oxygens (including phenoxy) is 2. The maximum atomic E-state index is 14.7. The van der Waals surface area contributed by atoms with E-state index in [9.17, 15) is 47.4 Å². The van der Waals surface area contributed by atoms with E-state index in [2.05, 4.69) is 28.3 Å². The number of aryl methyl sites for hydroxylation is 1. The van der Waals surface area contributed by atoms with Gasteiger partial charge < -0.3 is 39.4 Å². The van der Waals surface area contributed by atoms with Crippen LogP contribution in [0.5, 0.6) is 5.75 Å². The lowest BCUT2D eigenvalue weighted by atomic mass is 9.84. The van der Waals surface area contributed by atoms with Crippen LogP contribution in [0.2, 0.25) is 0 Å². The van der Waals surface area contributed by atoms with E-state index >= 15 is 0 Å². The molecule has 0 aliphatic carbocycles. The van der Waals surface area contributed by atoms with Gasteiger partial charge in [-0.3, -0.25) is 34.0 Å². The van der Waals surface area contributed by atoms with Crippen LogP contribution >= 0.6 is 0 Å². The van der Waals surface area contributed by atoms with Gasteiger partial charge in [-0.15, -0.1) is 0 Å². The Morgan fingerprint density at radius 3 is 2.52 bits per heavy atom. The van der Waals surface area contributed by atoms with Gasteiger partial charge in [0.2, 0.25) is 11.8 Å². The van der Waals surface area contributed by atoms with E-state index in [0.29, 0.717) is 43.0 Å². The van der Waals surface area contributed by atoms with Gasteiger partial charge in [0.05, 0.1) is 30.6 Å². The van der Waals surface area contributed by atoms with Crippen molar-refractivity contribution in [2.45, 2.75) is 116 Å². The standard InChI is InChI=1S/C52H64F3N7O9/c1-9-61-41-15-14-33-26-37(41)38(45(61)36-12-10-19-56-43(36)31(4)70-8)27-50(5,6)29-71-48(67)39-13-11-20-62(58-39)47(66)40(24-32-22-34(33)25-35(63)23-32)57-46(65)44(30(2)3)59(7)49(68)51(69)18-21-60(28-51)42(64)16-17-52(53,54)55/h10,12,14-17,19,22-23,25-26,30-31,39-40,44,58,63,69H,9,11,13,18,20-21,24,27-29H2,1-8H3,(H,57,65)/b17-16+/t31-,39-,40-,44-,51?/m0/s1. The summed E-state index contributed by atoms with van der Waals surface area (Å²) in [6.45, 7) is 11.4. The number of hydrogen-bond donors (Lipinski definition) is 4. The summed E-state index contributed by atoms with van der Waals surface area (Å²) in [5, 5.41) is 27.9. The van der Waals surface area contributed by atoms with Gasteiger partial charge in [-0.05, 0) is 97.7 Å². The molecule has 5 heterocycles. The number of hydrogen-bond acceptors (Lipinski definition) is 11. The van der Waals surface area contributed by atoms with Crippen LogP contribution < -0.4 is 10.7 Å². The number of aromatic nitrogens is 2. The summed E-state index contributed by atoms with van der Waals surface area (Å²) >= 11 is 0. The number of cyclic esters (lactones) is 1. The molecular formula is C52H64F3N7O9. The summed E-state index contributed by atoms with van der Waals surface area (Å²) in [7, 11) is 2.94. The zero-order valence-corrected chi connectivity index (χ0v) is 41.4. The number of β-amino-alcohol motifs (C(OH)–C–C–N with tert-alkyl or cyclic N) is 1. The third-order valence-electron chi connectivity index (χ3n) is 13.7. The lowest BCUT2D eigenvalue weighted by Gasteiger charge is -2.37. The number of esters is 1. The third kappa shape index (κ3) is 11.4. The smallest absolute Gasteiger partial charge is 0.409 e. The second kappa shape index (κ2) is 20.8. The number of amides is 4.